The van der Waals surface area contributed by atoms with Crippen LogP contribution < -0.4 is 5.32 Å². The van der Waals surface area contributed by atoms with Crippen molar-refractivity contribution >= 4 is 22.6 Å². The Bertz CT molecular complexity index is 1040. The molecule has 3 heterocycles. The largest absolute Gasteiger partial charge is 0.449 e. The number of imidazole rings is 1. The number of hydrogen-bond acceptors (Lipinski definition) is 6. The monoisotopic (exact) mass is 422 g/mol. The summed E-state index contributed by atoms with van der Waals surface area (Å²) in [7, 11) is 0. The molecule has 1 saturated heterocycles. The second-order valence-corrected chi connectivity index (χ2v) is 7.34. The number of nitrogens with zero attached hydrogens (tertiary/aromatic N) is 4. The van der Waals surface area contributed by atoms with Crippen molar-refractivity contribution in [1.29, 1.82) is 0 Å². The third-order valence-electron chi connectivity index (χ3n) is 4.93. The van der Waals surface area contributed by atoms with Crippen LogP contribution in [0.2, 0.25) is 0 Å². The number of rotatable bonds is 5. The van der Waals surface area contributed by atoms with Crippen molar-refractivity contribution in [3.05, 3.63) is 41.5 Å². The summed E-state index contributed by atoms with van der Waals surface area (Å²) in [6, 6.07) is 6.35. The van der Waals surface area contributed by atoms with Crippen molar-refractivity contribution in [1.82, 2.24) is 24.9 Å². The smallest absolute Gasteiger partial charge is 0.361 e. The first kappa shape index (κ1) is 20.4. The number of anilines is 1. The molecule has 0 atom stereocenters. The molecule has 4 rings (SSSR count). The molecule has 0 saturated carbocycles. The summed E-state index contributed by atoms with van der Waals surface area (Å²) in [4.78, 5) is 22.4. The Morgan fingerprint density at radius 2 is 1.93 bits per heavy atom. The van der Waals surface area contributed by atoms with E-state index in [-0.39, 0.29) is 23.5 Å². The average Bonchev–Trinajstić information content (AvgIpc) is 3.29. The van der Waals surface area contributed by atoms with E-state index in [1.165, 1.54) is 12.1 Å². The molecule has 1 aromatic carbocycles. The summed E-state index contributed by atoms with van der Waals surface area (Å²) in [5, 5.41) is 6.73. The number of alkyl halides is 3. The van der Waals surface area contributed by atoms with Crippen molar-refractivity contribution in [2.75, 3.05) is 38.0 Å². The first-order valence-corrected chi connectivity index (χ1v) is 9.50. The van der Waals surface area contributed by atoms with Crippen LogP contribution in [0.5, 0.6) is 0 Å². The fourth-order valence-corrected chi connectivity index (χ4v) is 3.45. The second kappa shape index (κ2) is 8.07. The number of carbonyl (C=O) groups is 1. The van der Waals surface area contributed by atoms with Gasteiger partial charge in [-0.3, -0.25) is 14.6 Å². The standard InChI is InChI=1S/C19H21F3N6O2/c1-12-8-14(26-30-12)10-27-4-6-28(7-5-27)11-17(29)23-13-2-3-15-16(9-13)25-18(24-15)19(20,21)22/h2-3,8-9H,4-7,10-11H2,1H3,(H,23,29)(H,24,25). The van der Waals surface area contributed by atoms with Crippen LogP contribution in [0, 0.1) is 6.92 Å². The molecule has 11 heteroatoms. The van der Waals surface area contributed by atoms with Gasteiger partial charge in [-0.1, -0.05) is 5.16 Å². The summed E-state index contributed by atoms with van der Waals surface area (Å²) < 4.78 is 43.4. The number of halogens is 3. The molecular weight excluding hydrogens is 401 g/mol. The molecule has 30 heavy (non-hydrogen) atoms. The predicted molar refractivity (Wildman–Crippen MR) is 103 cm³/mol. The molecule has 2 aromatic heterocycles. The van der Waals surface area contributed by atoms with Gasteiger partial charge in [-0.2, -0.15) is 13.2 Å². The number of aryl methyl sites for hydroxylation is 1. The van der Waals surface area contributed by atoms with Crippen molar-refractivity contribution in [2.24, 2.45) is 0 Å². The van der Waals surface area contributed by atoms with Gasteiger partial charge in [0.15, 0.2) is 0 Å². The lowest BCUT2D eigenvalue weighted by Gasteiger charge is -2.33. The van der Waals surface area contributed by atoms with Gasteiger partial charge in [0, 0.05) is 44.5 Å². The maximum absolute atomic E-state index is 12.8. The molecule has 3 aromatic rings. The molecule has 0 bridgehead atoms. The highest BCUT2D eigenvalue weighted by atomic mass is 19.4. The number of amides is 1. The number of aromatic nitrogens is 3. The minimum atomic E-state index is -4.54. The fourth-order valence-electron chi connectivity index (χ4n) is 3.45. The molecule has 1 amide bonds. The van der Waals surface area contributed by atoms with Crippen molar-refractivity contribution in [2.45, 2.75) is 19.6 Å². The summed E-state index contributed by atoms with van der Waals surface area (Å²) in [5.74, 6) is -0.492. The van der Waals surface area contributed by atoms with Gasteiger partial charge in [-0.05, 0) is 25.1 Å². The molecule has 160 valence electrons. The molecule has 1 aliphatic rings. The molecule has 1 aliphatic heterocycles. The highest BCUT2D eigenvalue weighted by Crippen LogP contribution is 2.29. The van der Waals surface area contributed by atoms with Crippen molar-refractivity contribution in [3.8, 4) is 0 Å². The third-order valence-corrected chi connectivity index (χ3v) is 4.93. The number of nitrogens with one attached hydrogen (secondary N) is 2. The Morgan fingerprint density at radius 1 is 1.20 bits per heavy atom. The lowest BCUT2D eigenvalue weighted by molar-refractivity contribution is -0.144. The molecule has 8 nitrogen and oxygen atoms in total. The Hall–Kier alpha value is -2.92. The zero-order chi connectivity index (χ0) is 21.3. The van der Waals surface area contributed by atoms with E-state index < -0.39 is 12.0 Å². The Morgan fingerprint density at radius 3 is 2.60 bits per heavy atom. The molecule has 0 radical (unpaired) electrons. The highest BCUT2D eigenvalue weighted by Gasteiger charge is 2.34. The number of piperazine rings is 1. The van der Waals surface area contributed by atoms with E-state index in [0.717, 1.165) is 37.6 Å². The van der Waals surface area contributed by atoms with Crippen LogP contribution >= 0.6 is 0 Å². The number of aromatic amines is 1. The van der Waals surface area contributed by atoms with Gasteiger partial charge in [-0.15, -0.1) is 0 Å². The number of fused-ring (bicyclic) bond motifs is 1. The highest BCUT2D eigenvalue weighted by molar-refractivity contribution is 5.94. The Kier molecular flexibility index (Phi) is 5.48. The van der Waals surface area contributed by atoms with Crippen LogP contribution in [-0.2, 0) is 17.5 Å². The third kappa shape index (κ3) is 4.79. The maximum atomic E-state index is 12.8. The van der Waals surface area contributed by atoms with Gasteiger partial charge >= 0.3 is 6.18 Å². The molecular formula is C19H21F3N6O2. The van der Waals surface area contributed by atoms with Gasteiger partial charge in [0.25, 0.3) is 0 Å². The van der Waals surface area contributed by atoms with Crippen LogP contribution in [0.1, 0.15) is 17.3 Å². The zero-order valence-corrected chi connectivity index (χ0v) is 16.3. The van der Waals surface area contributed by atoms with E-state index >= 15 is 0 Å². The Labute approximate surface area is 170 Å². The number of carbonyl (C=O) groups excluding carboxylic acids is 1. The van der Waals surface area contributed by atoms with Crippen molar-refractivity contribution < 1.29 is 22.5 Å². The fraction of sp³-hybridized carbons (Fsp3) is 0.421. The van der Waals surface area contributed by atoms with Crippen LogP contribution in [0.3, 0.4) is 0 Å². The number of benzene rings is 1. The number of H-pyrrole nitrogens is 1. The van der Waals surface area contributed by atoms with Gasteiger partial charge in [0.05, 0.1) is 23.3 Å². The first-order chi connectivity index (χ1) is 14.3. The van der Waals surface area contributed by atoms with E-state index in [9.17, 15) is 18.0 Å². The predicted octanol–water partition coefficient (Wildman–Crippen LogP) is 2.63. The maximum Gasteiger partial charge on any atom is 0.449 e. The van der Waals surface area contributed by atoms with Crippen LogP contribution in [-0.4, -0.2) is 63.6 Å². The normalized spacial score (nSPS) is 16.3. The van der Waals surface area contributed by atoms with Gasteiger partial charge < -0.3 is 14.8 Å². The topological polar surface area (TPSA) is 90.3 Å². The van der Waals surface area contributed by atoms with Crippen LogP contribution in [0.15, 0.2) is 28.8 Å². The minimum Gasteiger partial charge on any atom is -0.361 e. The van der Waals surface area contributed by atoms with E-state index in [0.29, 0.717) is 12.2 Å². The summed E-state index contributed by atoms with van der Waals surface area (Å²) >= 11 is 0. The van der Waals surface area contributed by atoms with Crippen LogP contribution in [0.25, 0.3) is 11.0 Å². The molecule has 2 N–H and O–H groups in total. The van der Waals surface area contributed by atoms with E-state index in [2.05, 4.69) is 25.3 Å². The minimum absolute atomic E-state index is 0.193. The molecule has 1 fully saturated rings. The number of hydrogen-bond donors (Lipinski definition) is 2. The quantitative estimate of drug-likeness (QED) is 0.657. The van der Waals surface area contributed by atoms with Gasteiger partial charge in [0.2, 0.25) is 11.7 Å². The van der Waals surface area contributed by atoms with E-state index in [1.807, 2.05) is 17.9 Å². The zero-order valence-electron chi connectivity index (χ0n) is 16.3. The van der Waals surface area contributed by atoms with Crippen molar-refractivity contribution in [3.63, 3.8) is 0 Å². The van der Waals surface area contributed by atoms with Crippen LogP contribution in [0.4, 0.5) is 18.9 Å². The molecule has 0 spiro atoms. The summed E-state index contributed by atoms with van der Waals surface area (Å²) in [5.41, 5.74) is 1.72. The molecule has 0 unspecified atom stereocenters. The Balaban J connectivity index is 1.28. The van der Waals surface area contributed by atoms with E-state index in [1.54, 1.807) is 6.07 Å². The molecule has 0 aliphatic carbocycles. The summed E-state index contributed by atoms with van der Waals surface area (Å²) in [6.45, 7) is 5.86. The second-order valence-electron chi connectivity index (χ2n) is 7.34. The SMILES string of the molecule is Cc1cc(CN2CCN(CC(=O)Nc3ccc4nc(C(F)(F)F)[nH]c4c3)CC2)no1. The van der Waals surface area contributed by atoms with Gasteiger partial charge in [0.1, 0.15) is 5.76 Å². The van der Waals surface area contributed by atoms with Gasteiger partial charge in [-0.25, -0.2) is 4.98 Å². The summed E-state index contributed by atoms with van der Waals surface area (Å²) in [6.07, 6.45) is -4.54. The lowest BCUT2D eigenvalue weighted by Crippen LogP contribution is -2.48. The first-order valence-electron chi connectivity index (χ1n) is 9.50. The van der Waals surface area contributed by atoms with E-state index in [4.69, 9.17) is 4.52 Å². The average molecular weight is 422 g/mol. The lowest BCUT2D eigenvalue weighted by atomic mass is 10.2.